The molecule has 3 saturated carbocycles. The first-order valence-corrected chi connectivity index (χ1v) is 8.45. The number of carbonyl (C=O) groups is 1. The average molecular weight is 320 g/mol. The molecule has 116 valence electrons. The van der Waals surface area contributed by atoms with Gasteiger partial charge in [-0.25, -0.2) is 4.79 Å². The standard InChI is InChI=1S/C17H18ClNO3/c18-9-1-3-10(4-2-9)19-17(20)22-13-6-8-5-11(13)12-7-14-16(21-14)15(8)12/h1-4,8,11-16H,5-7H2,(H,19,20)/t8-,11+,12+,13-,14+,15-,16+/m1/s1. The van der Waals surface area contributed by atoms with Crippen LogP contribution in [0.3, 0.4) is 0 Å². The van der Waals surface area contributed by atoms with Gasteiger partial charge in [0.1, 0.15) is 6.10 Å². The van der Waals surface area contributed by atoms with E-state index in [0.717, 1.165) is 18.3 Å². The minimum absolute atomic E-state index is 0.0797. The van der Waals surface area contributed by atoms with Crippen molar-refractivity contribution in [1.82, 2.24) is 0 Å². The summed E-state index contributed by atoms with van der Waals surface area (Å²) in [7, 11) is 0. The summed E-state index contributed by atoms with van der Waals surface area (Å²) in [5.41, 5.74) is 0.714. The van der Waals surface area contributed by atoms with E-state index in [1.807, 2.05) is 0 Å². The molecule has 1 aromatic rings. The maximum atomic E-state index is 12.1. The summed E-state index contributed by atoms with van der Waals surface area (Å²) in [5, 5.41) is 3.44. The van der Waals surface area contributed by atoms with Crippen molar-refractivity contribution in [3.63, 3.8) is 0 Å². The zero-order valence-electron chi connectivity index (χ0n) is 12.1. The van der Waals surface area contributed by atoms with Crippen LogP contribution in [0.5, 0.6) is 0 Å². The highest BCUT2D eigenvalue weighted by molar-refractivity contribution is 6.30. The number of amides is 1. The van der Waals surface area contributed by atoms with Crippen LogP contribution < -0.4 is 5.32 Å². The Balaban J connectivity index is 1.22. The van der Waals surface area contributed by atoms with Crippen LogP contribution in [0.4, 0.5) is 10.5 Å². The highest BCUT2D eigenvalue weighted by Crippen LogP contribution is 2.64. The van der Waals surface area contributed by atoms with Crippen molar-refractivity contribution in [3.8, 4) is 0 Å². The number of ether oxygens (including phenoxy) is 2. The number of rotatable bonds is 2. The minimum Gasteiger partial charge on any atom is -0.446 e. The van der Waals surface area contributed by atoms with Gasteiger partial charge in [0.15, 0.2) is 0 Å². The Morgan fingerprint density at radius 1 is 1.18 bits per heavy atom. The molecule has 0 unspecified atom stereocenters. The molecule has 1 heterocycles. The topological polar surface area (TPSA) is 50.9 Å². The number of benzene rings is 1. The van der Waals surface area contributed by atoms with Gasteiger partial charge < -0.3 is 9.47 Å². The van der Waals surface area contributed by atoms with E-state index in [1.165, 1.54) is 12.8 Å². The summed E-state index contributed by atoms with van der Waals surface area (Å²) in [6.07, 6.45) is 4.17. The molecular formula is C17H18ClNO3. The largest absolute Gasteiger partial charge is 0.446 e. The smallest absolute Gasteiger partial charge is 0.411 e. The third kappa shape index (κ3) is 1.97. The van der Waals surface area contributed by atoms with E-state index < -0.39 is 0 Å². The number of carbonyl (C=O) groups excluding carboxylic acids is 1. The molecule has 1 aromatic carbocycles. The van der Waals surface area contributed by atoms with Crippen LogP contribution in [0, 0.1) is 23.7 Å². The van der Waals surface area contributed by atoms with Crippen LogP contribution in [0.1, 0.15) is 19.3 Å². The molecule has 1 aliphatic heterocycles. The summed E-state index contributed by atoms with van der Waals surface area (Å²) >= 11 is 5.84. The number of hydrogen-bond donors (Lipinski definition) is 1. The predicted octanol–water partition coefficient (Wildman–Crippen LogP) is 3.70. The molecule has 7 atom stereocenters. The van der Waals surface area contributed by atoms with Gasteiger partial charge in [-0.2, -0.15) is 0 Å². The lowest BCUT2D eigenvalue weighted by molar-refractivity contribution is 0.0251. The van der Waals surface area contributed by atoms with Gasteiger partial charge in [-0.3, -0.25) is 5.32 Å². The molecule has 22 heavy (non-hydrogen) atoms. The summed E-state index contributed by atoms with van der Waals surface area (Å²) in [6.45, 7) is 0. The van der Waals surface area contributed by atoms with Gasteiger partial charge in [-0.05, 0) is 67.2 Å². The molecular weight excluding hydrogens is 302 g/mol. The number of fused-ring (bicyclic) bond motifs is 7. The fourth-order valence-electron chi connectivity index (χ4n) is 5.22. The Bertz CT molecular complexity index is 619. The molecule has 4 aliphatic rings. The quantitative estimate of drug-likeness (QED) is 0.846. The summed E-state index contributed by atoms with van der Waals surface area (Å²) < 4.78 is 11.4. The van der Waals surface area contributed by atoms with E-state index in [2.05, 4.69) is 5.32 Å². The van der Waals surface area contributed by atoms with Crippen LogP contribution in [0.2, 0.25) is 5.02 Å². The molecule has 2 bridgehead atoms. The molecule has 1 saturated heterocycles. The van der Waals surface area contributed by atoms with Gasteiger partial charge in [-0.1, -0.05) is 11.6 Å². The summed E-state index contributed by atoms with van der Waals surface area (Å²) in [6, 6.07) is 7.07. The maximum Gasteiger partial charge on any atom is 0.411 e. The second kappa shape index (κ2) is 4.62. The van der Waals surface area contributed by atoms with Crippen molar-refractivity contribution in [1.29, 1.82) is 0 Å². The molecule has 5 heteroatoms. The zero-order valence-corrected chi connectivity index (χ0v) is 12.8. The monoisotopic (exact) mass is 319 g/mol. The lowest BCUT2D eigenvalue weighted by Crippen LogP contribution is -2.35. The Labute approximate surface area is 134 Å². The molecule has 5 rings (SSSR count). The third-order valence-corrected chi connectivity index (χ3v) is 6.28. The molecule has 1 amide bonds. The van der Waals surface area contributed by atoms with E-state index >= 15 is 0 Å². The SMILES string of the molecule is O=C(Nc1ccc(Cl)cc1)O[C@@H]1C[C@H]2C[C@H]1[C@@H]1C[C@@H]3O[C@@H]3[C@H]21. The van der Waals surface area contributed by atoms with Crippen LogP contribution in [-0.4, -0.2) is 24.4 Å². The molecule has 0 spiro atoms. The number of epoxide rings is 1. The Morgan fingerprint density at radius 3 is 2.82 bits per heavy atom. The molecule has 4 fully saturated rings. The van der Waals surface area contributed by atoms with Crippen molar-refractivity contribution in [2.45, 2.75) is 37.6 Å². The second-order valence-electron chi connectivity index (χ2n) is 7.09. The van der Waals surface area contributed by atoms with Crippen LogP contribution >= 0.6 is 11.6 Å². The fourth-order valence-corrected chi connectivity index (χ4v) is 5.35. The first kappa shape index (κ1) is 13.2. The lowest BCUT2D eigenvalue weighted by atomic mass is 9.79. The number of anilines is 1. The van der Waals surface area contributed by atoms with Crippen LogP contribution in [-0.2, 0) is 9.47 Å². The van der Waals surface area contributed by atoms with Gasteiger partial charge in [0.2, 0.25) is 0 Å². The van der Waals surface area contributed by atoms with Gasteiger partial charge in [0.05, 0.1) is 12.2 Å². The van der Waals surface area contributed by atoms with Gasteiger partial charge in [0.25, 0.3) is 0 Å². The highest BCUT2D eigenvalue weighted by atomic mass is 35.5. The third-order valence-electron chi connectivity index (χ3n) is 6.03. The van der Waals surface area contributed by atoms with E-state index in [-0.39, 0.29) is 12.2 Å². The van der Waals surface area contributed by atoms with Gasteiger partial charge in [0, 0.05) is 10.7 Å². The van der Waals surface area contributed by atoms with Crippen molar-refractivity contribution in [3.05, 3.63) is 29.3 Å². The van der Waals surface area contributed by atoms with E-state index in [9.17, 15) is 4.79 Å². The highest BCUT2D eigenvalue weighted by Gasteiger charge is 2.67. The second-order valence-corrected chi connectivity index (χ2v) is 7.52. The Morgan fingerprint density at radius 2 is 2.00 bits per heavy atom. The van der Waals surface area contributed by atoms with E-state index in [1.54, 1.807) is 24.3 Å². The summed E-state index contributed by atoms with van der Waals surface area (Å²) in [4.78, 5) is 12.1. The lowest BCUT2D eigenvalue weighted by Gasteiger charge is -2.32. The van der Waals surface area contributed by atoms with Crippen LogP contribution in [0.15, 0.2) is 24.3 Å². The van der Waals surface area contributed by atoms with Gasteiger partial charge >= 0.3 is 6.09 Å². The number of nitrogens with one attached hydrogen (secondary N) is 1. The fraction of sp³-hybridized carbons (Fsp3) is 0.588. The van der Waals surface area contributed by atoms with Crippen molar-refractivity contribution in [2.75, 3.05) is 5.32 Å². The zero-order chi connectivity index (χ0) is 14.8. The molecule has 4 nitrogen and oxygen atoms in total. The van der Waals surface area contributed by atoms with E-state index in [0.29, 0.717) is 34.8 Å². The van der Waals surface area contributed by atoms with Crippen molar-refractivity contribution in [2.24, 2.45) is 23.7 Å². The molecule has 0 radical (unpaired) electrons. The number of hydrogen-bond acceptors (Lipinski definition) is 3. The van der Waals surface area contributed by atoms with Crippen LogP contribution in [0.25, 0.3) is 0 Å². The Hall–Kier alpha value is -1.26. The minimum atomic E-state index is -0.351. The first-order chi connectivity index (χ1) is 10.7. The molecule has 3 aliphatic carbocycles. The van der Waals surface area contributed by atoms with Crippen molar-refractivity contribution < 1.29 is 14.3 Å². The normalized spacial score (nSPS) is 43.6. The van der Waals surface area contributed by atoms with Gasteiger partial charge in [-0.15, -0.1) is 0 Å². The molecule has 0 aromatic heterocycles. The molecule has 1 N–H and O–H groups in total. The maximum absolute atomic E-state index is 12.1. The first-order valence-electron chi connectivity index (χ1n) is 8.08. The number of halogens is 1. The Kier molecular flexibility index (Phi) is 2.77. The predicted molar refractivity (Wildman–Crippen MR) is 81.8 cm³/mol. The van der Waals surface area contributed by atoms with E-state index in [4.69, 9.17) is 21.1 Å². The summed E-state index contributed by atoms with van der Waals surface area (Å²) in [5.74, 6) is 2.70. The van der Waals surface area contributed by atoms with Crippen molar-refractivity contribution >= 4 is 23.4 Å². The average Bonchev–Trinajstić information content (AvgIpc) is 2.84.